The van der Waals surface area contributed by atoms with E-state index in [9.17, 15) is 13.8 Å². The summed E-state index contributed by atoms with van der Waals surface area (Å²) >= 11 is 0. The van der Waals surface area contributed by atoms with E-state index in [4.69, 9.17) is 0 Å². The number of carbonyl (C=O) groups is 2. The molecule has 1 heterocycles. The molecule has 21 heavy (non-hydrogen) atoms. The van der Waals surface area contributed by atoms with Gasteiger partial charge < -0.3 is 10.2 Å². The van der Waals surface area contributed by atoms with Crippen molar-refractivity contribution in [3.8, 4) is 0 Å². The molecular weight excluding hydrogens is 288 g/mol. The van der Waals surface area contributed by atoms with Crippen LogP contribution in [0.1, 0.15) is 44.9 Å². The van der Waals surface area contributed by atoms with Crippen LogP contribution in [0.25, 0.3) is 0 Å². The molecule has 2 aliphatic rings. The van der Waals surface area contributed by atoms with Crippen LogP contribution in [0.4, 0.5) is 0 Å². The van der Waals surface area contributed by atoms with Gasteiger partial charge in [0.05, 0.1) is 0 Å². The zero-order valence-corrected chi connectivity index (χ0v) is 13.6. The Hall–Kier alpha value is -0.910. The largest absolute Gasteiger partial charge is 0.344 e. The fourth-order valence-electron chi connectivity index (χ4n) is 3.32. The van der Waals surface area contributed by atoms with Crippen LogP contribution in [-0.2, 0) is 20.4 Å². The van der Waals surface area contributed by atoms with Gasteiger partial charge in [-0.1, -0.05) is 19.3 Å². The lowest BCUT2D eigenvalue weighted by atomic mass is 9.83. The van der Waals surface area contributed by atoms with E-state index in [2.05, 4.69) is 5.32 Å². The molecule has 2 fully saturated rings. The van der Waals surface area contributed by atoms with E-state index in [1.807, 2.05) is 0 Å². The topological polar surface area (TPSA) is 66.5 Å². The van der Waals surface area contributed by atoms with Gasteiger partial charge in [0.25, 0.3) is 0 Å². The highest BCUT2D eigenvalue weighted by Crippen LogP contribution is 2.28. The first-order valence-corrected chi connectivity index (χ1v) is 9.69. The number of carbonyl (C=O) groups excluding carboxylic acids is 2. The SMILES string of the molecule is CS(=O)CCCN1CCC(=O)NC(C2CCCCC2)C1=O. The minimum atomic E-state index is -0.826. The van der Waals surface area contributed by atoms with E-state index in [1.165, 1.54) is 6.42 Å². The Labute approximate surface area is 129 Å². The molecule has 0 aromatic carbocycles. The maximum Gasteiger partial charge on any atom is 0.245 e. The summed E-state index contributed by atoms with van der Waals surface area (Å²) in [6.45, 7) is 1.10. The van der Waals surface area contributed by atoms with E-state index in [1.54, 1.807) is 11.2 Å². The van der Waals surface area contributed by atoms with Gasteiger partial charge in [0, 0.05) is 42.3 Å². The van der Waals surface area contributed by atoms with Gasteiger partial charge in [-0.2, -0.15) is 0 Å². The van der Waals surface area contributed by atoms with Crippen molar-refractivity contribution < 1.29 is 13.8 Å². The summed E-state index contributed by atoms with van der Waals surface area (Å²) in [5.41, 5.74) is 0. The van der Waals surface area contributed by atoms with Crippen LogP contribution < -0.4 is 5.32 Å². The van der Waals surface area contributed by atoms with Crippen molar-refractivity contribution in [1.82, 2.24) is 10.2 Å². The Morgan fingerprint density at radius 3 is 2.62 bits per heavy atom. The summed E-state index contributed by atoms with van der Waals surface area (Å²) < 4.78 is 11.1. The van der Waals surface area contributed by atoms with Crippen LogP contribution >= 0.6 is 0 Å². The highest BCUT2D eigenvalue weighted by Gasteiger charge is 2.35. The monoisotopic (exact) mass is 314 g/mol. The summed E-state index contributed by atoms with van der Waals surface area (Å²) in [5, 5.41) is 2.94. The molecule has 1 aliphatic carbocycles. The molecule has 0 bridgehead atoms. The number of hydrogen-bond acceptors (Lipinski definition) is 3. The average Bonchev–Trinajstić information content (AvgIpc) is 2.61. The number of hydrogen-bond donors (Lipinski definition) is 1. The second kappa shape index (κ2) is 7.92. The van der Waals surface area contributed by atoms with Crippen molar-refractivity contribution in [3.63, 3.8) is 0 Å². The molecule has 1 N–H and O–H groups in total. The minimum absolute atomic E-state index is 0.0134. The normalized spacial score (nSPS) is 26.3. The van der Waals surface area contributed by atoms with Crippen LogP contribution in [0.15, 0.2) is 0 Å². The van der Waals surface area contributed by atoms with Crippen molar-refractivity contribution in [1.29, 1.82) is 0 Å². The molecule has 0 radical (unpaired) electrons. The van der Waals surface area contributed by atoms with Crippen molar-refractivity contribution in [2.24, 2.45) is 5.92 Å². The van der Waals surface area contributed by atoms with E-state index in [0.717, 1.165) is 32.1 Å². The Kier molecular flexibility index (Phi) is 6.21. The van der Waals surface area contributed by atoms with Crippen LogP contribution in [-0.4, -0.2) is 52.1 Å². The lowest BCUT2D eigenvalue weighted by molar-refractivity contribution is -0.135. The fourth-order valence-corrected chi connectivity index (χ4v) is 3.85. The molecular formula is C15H26N2O3S. The predicted molar refractivity (Wildman–Crippen MR) is 83.3 cm³/mol. The number of nitrogens with zero attached hydrogens (tertiary/aromatic N) is 1. The molecule has 0 aromatic rings. The summed E-state index contributed by atoms with van der Waals surface area (Å²) in [5.74, 6) is 0.949. The quantitative estimate of drug-likeness (QED) is 0.825. The molecule has 1 aliphatic heterocycles. The first-order valence-electron chi connectivity index (χ1n) is 7.96. The lowest BCUT2D eigenvalue weighted by Crippen LogP contribution is -2.49. The van der Waals surface area contributed by atoms with Gasteiger partial charge in [0.2, 0.25) is 11.8 Å². The summed E-state index contributed by atoms with van der Waals surface area (Å²) in [7, 11) is -0.826. The van der Waals surface area contributed by atoms with E-state index in [0.29, 0.717) is 25.3 Å². The molecule has 0 spiro atoms. The maximum atomic E-state index is 12.7. The molecule has 5 nitrogen and oxygen atoms in total. The smallest absolute Gasteiger partial charge is 0.245 e. The Morgan fingerprint density at radius 2 is 1.95 bits per heavy atom. The van der Waals surface area contributed by atoms with Crippen molar-refractivity contribution >= 4 is 22.6 Å². The van der Waals surface area contributed by atoms with E-state index >= 15 is 0 Å². The van der Waals surface area contributed by atoms with Crippen LogP contribution in [0, 0.1) is 5.92 Å². The van der Waals surface area contributed by atoms with Crippen molar-refractivity contribution in [3.05, 3.63) is 0 Å². The lowest BCUT2D eigenvalue weighted by Gasteiger charge is -2.31. The van der Waals surface area contributed by atoms with Crippen molar-refractivity contribution in [2.45, 2.75) is 51.0 Å². The molecule has 2 atom stereocenters. The molecule has 2 rings (SSSR count). The molecule has 120 valence electrons. The van der Waals surface area contributed by atoms with Gasteiger partial charge in [-0.25, -0.2) is 0 Å². The van der Waals surface area contributed by atoms with Gasteiger partial charge in [-0.3, -0.25) is 13.8 Å². The molecule has 2 unspecified atom stereocenters. The molecule has 2 amide bonds. The van der Waals surface area contributed by atoms with Gasteiger partial charge >= 0.3 is 0 Å². The zero-order valence-electron chi connectivity index (χ0n) is 12.8. The second-order valence-corrected chi connectivity index (χ2v) is 7.70. The molecule has 1 saturated heterocycles. The summed E-state index contributed by atoms with van der Waals surface area (Å²) in [4.78, 5) is 26.4. The van der Waals surface area contributed by atoms with Gasteiger partial charge in [0.15, 0.2) is 0 Å². The summed E-state index contributed by atoms with van der Waals surface area (Å²) in [6, 6.07) is -0.340. The molecule has 6 heteroatoms. The number of rotatable bonds is 5. The highest BCUT2D eigenvalue weighted by atomic mass is 32.2. The van der Waals surface area contributed by atoms with Crippen LogP contribution in [0.2, 0.25) is 0 Å². The molecule has 1 saturated carbocycles. The third-order valence-corrected chi connectivity index (χ3v) is 5.35. The van der Waals surface area contributed by atoms with E-state index < -0.39 is 10.8 Å². The third kappa shape index (κ3) is 4.80. The second-order valence-electron chi connectivity index (χ2n) is 6.15. The Morgan fingerprint density at radius 1 is 1.24 bits per heavy atom. The fraction of sp³-hybridized carbons (Fsp3) is 0.867. The predicted octanol–water partition coefficient (Wildman–Crippen LogP) is 1.05. The molecule has 0 aromatic heterocycles. The minimum Gasteiger partial charge on any atom is -0.344 e. The van der Waals surface area contributed by atoms with Crippen LogP contribution in [0.5, 0.6) is 0 Å². The first-order chi connectivity index (χ1) is 10.1. The summed E-state index contributed by atoms with van der Waals surface area (Å²) in [6.07, 6.45) is 8.40. The Bertz CT molecular complexity index is 408. The van der Waals surface area contributed by atoms with Crippen molar-refractivity contribution in [2.75, 3.05) is 25.1 Å². The first kappa shape index (κ1) is 16.5. The van der Waals surface area contributed by atoms with Gasteiger partial charge in [0.1, 0.15) is 6.04 Å². The zero-order chi connectivity index (χ0) is 15.2. The number of amides is 2. The third-order valence-electron chi connectivity index (χ3n) is 4.48. The van der Waals surface area contributed by atoms with Gasteiger partial charge in [-0.15, -0.1) is 0 Å². The highest BCUT2D eigenvalue weighted by molar-refractivity contribution is 7.84. The van der Waals surface area contributed by atoms with E-state index in [-0.39, 0.29) is 23.8 Å². The standard InChI is InChI=1S/C15H26N2O3S/c1-21(20)11-5-9-17-10-8-13(18)16-14(15(17)19)12-6-3-2-4-7-12/h12,14H,2-11H2,1H3,(H,16,18). The van der Waals surface area contributed by atoms with Crippen LogP contribution in [0.3, 0.4) is 0 Å². The maximum absolute atomic E-state index is 12.7. The van der Waals surface area contributed by atoms with Gasteiger partial charge in [-0.05, 0) is 25.2 Å². The number of nitrogens with one attached hydrogen (secondary N) is 1. The average molecular weight is 314 g/mol. The Balaban J connectivity index is 1.99.